The maximum atomic E-state index is 14.6. The molecule has 0 saturated heterocycles. The van der Waals surface area contributed by atoms with Crippen molar-refractivity contribution in [3.05, 3.63) is 47.2 Å². The Kier molecular flexibility index (Phi) is 7.13. The number of alkyl halides is 3. The SMILES string of the molecule is CCOC(=O)c1cc(-c2ccc(F)cc2F)c2c(n1)OC(C(O[Si](C)(C)C)C(F)(F)F)CC2. The number of aromatic nitrogens is 1. The molecule has 5 nitrogen and oxygen atoms in total. The number of halogens is 5. The molecule has 1 aliphatic heterocycles. The third kappa shape index (κ3) is 5.88. The van der Waals surface area contributed by atoms with Gasteiger partial charge in [0.25, 0.3) is 0 Å². The zero-order valence-corrected chi connectivity index (χ0v) is 19.6. The summed E-state index contributed by atoms with van der Waals surface area (Å²) in [6.07, 6.45) is -8.29. The number of carbonyl (C=O) groups excluding carboxylic acids is 1. The molecule has 1 aromatic carbocycles. The Balaban J connectivity index is 2.09. The Bertz CT molecular complexity index is 1040. The van der Waals surface area contributed by atoms with Crippen LogP contribution in [0.2, 0.25) is 19.6 Å². The van der Waals surface area contributed by atoms with Crippen molar-refractivity contribution in [3.63, 3.8) is 0 Å². The van der Waals surface area contributed by atoms with Crippen LogP contribution in [0.4, 0.5) is 22.0 Å². The second-order valence-electron chi connectivity index (χ2n) is 8.57. The van der Waals surface area contributed by atoms with Crippen molar-refractivity contribution in [1.29, 1.82) is 0 Å². The first-order chi connectivity index (χ1) is 15.3. The van der Waals surface area contributed by atoms with Crippen LogP contribution in [0.25, 0.3) is 11.1 Å². The fraction of sp³-hybridized carbons (Fsp3) is 0.455. The van der Waals surface area contributed by atoms with Crippen LogP contribution in [0.5, 0.6) is 5.88 Å². The van der Waals surface area contributed by atoms with Crippen molar-refractivity contribution < 1.29 is 40.6 Å². The summed E-state index contributed by atoms with van der Waals surface area (Å²) in [4.78, 5) is 16.4. The number of nitrogens with zero attached hydrogens (tertiary/aromatic N) is 1. The average molecular weight is 490 g/mol. The Morgan fingerprint density at radius 3 is 2.48 bits per heavy atom. The molecule has 180 valence electrons. The quantitative estimate of drug-likeness (QED) is 0.297. The van der Waals surface area contributed by atoms with Crippen molar-refractivity contribution in [2.75, 3.05) is 6.61 Å². The molecule has 0 radical (unpaired) electrons. The summed E-state index contributed by atoms with van der Waals surface area (Å²) in [7, 11) is -2.60. The van der Waals surface area contributed by atoms with Crippen molar-refractivity contribution in [2.24, 2.45) is 0 Å². The monoisotopic (exact) mass is 489 g/mol. The van der Waals surface area contributed by atoms with Gasteiger partial charge in [-0.05, 0) is 63.2 Å². The second-order valence-corrected chi connectivity index (χ2v) is 13.0. The molecule has 2 atom stereocenters. The highest BCUT2D eigenvalue weighted by atomic mass is 28.4. The molecule has 3 rings (SSSR count). The highest BCUT2D eigenvalue weighted by Gasteiger charge is 2.50. The number of hydrogen-bond acceptors (Lipinski definition) is 5. The number of hydrogen-bond donors (Lipinski definition) is 0. The zero-order chi connectivity index (χ0) is 24.6. The summed E-state index contributed by atoms with van der Waals surface area (Å²) in [6.45, 7) is 6.51. The number of fused-ring (bicyclic) bond motifs is 1. The van der Waals surface area contributed by atoms with Gasteiger partial charge >= 0.3 is 12.1 Å². The van der Waals surface area contributed by atoms with Gasteiger partial charge in [-0.1, -0.05) is 0 Å². The van der Waals surface area contributed by atoms with Crippen LogP contribution < -0.4 is 4.74 Å². The molecule has 0 fully saturated rings. The van der Waals surface area contributed by atoms with Crippen molar-refractivity contribution in [1.82, 2.24) is 4.98 Å². The van der Waals surface area contributed by atoms with Gasteiger partial charge in [-0.3, -0.25) is 0 Å². The molecule has 0 N–H and O–H groups in total. The summed E-state index contributed by atoms with van der Waals surface area (Å²) in [5.74, 6) is -2.77. The average Bonchev–Trinajstić information content (AvgIpc) is 2.70. The van der Waals surface area contributed by atoms with Crippen LogP contribution in [-0.2, 0) is 15.6 Å². The van der Waals surface area contributed by atoms with Gasteiger partial charge in [0.15, 0.2) is 20.1 Å². The van der Waals surface area contributed by atoms with E-state index in [9.17, 15) is 26.7 Å². The third-order valence-electron chi connectivity index (χ3n) is 4.87. The zero-order valence-electron chi connectivity index (χ0n) is 18.6. The molecular weight excluding hydrogens is 465 g/mol. The lowest BCUT2D eigenvalue weighted by Gasteiger charge is -2.36. The molecule has 1 aliphatic rings. The molecule has 2 unspecified atom stereocenters. The molecule has 2 heterocycles. The number of ether oxygens (including phenoxy) is 2. The van der Waals surface area contributed by atoms with Crippen LogP contribution in [-0.4, -0.2) is 44.3 Å². The summed E-state index contributed by atoms with van der Waals surface area (Å²) >= 11 is 0. The van der Waals surface area contributed by atoms with Gasteiger partial charge in [0.05, 0.1) is 6.61 Å². The minimum atomic E-state index is -4.69. The molecule has 0 bridgehead atoms. The highest BCUT2D eigenvalue weighted by molar-refractivity contribution is 6.69. The van der Waals surface area contributed by atoms with E-state index in [2.05, 4.69) is 4.98 Å². The van der Waals surface area contributed by atoms with E-state index in [0.29, 0.717) is 11.6 Å². The van der Waals surface area contributed by atoms with Gasteiger partial charge in [0, 0.05) is 17.2 Å². The number of rotatable bonds is 6. The molecule has 2 aromatic rings. The number of pyridine rings is 1. The van der Waals surface area contributed by atoms with E-state index in [4.69, 9.17) is 13.9 Å². The first kappa shape index (κ1) is 25.1. The van der Waals surface area contributed by atoms with Crippen molar-refractivity contribution in [2.45, 2.75) is 57.8 Å². The molecule has 0 amide bonds. The van der Waals surface area contributed by atoms with E-state index in [1.165, 1.54) is 12.1 Å². The topological polar surface area (TPSA) is 57.7 Å². The number of esters is 1. The maximum absolute atomic E-state index is 14.6. The van der Waals surface area contributed by atoms with E-state index in [1.807, 2.05) is 0 Å². The van der Waals surface area contributed by atoms with Gasteiger partial charge in [0.2, 0.25) is 5.88 Å². The summed E-state index contributed by atoms with van der Waals surface area (Å²) < 4.78 is 85.3. The Hall–Kier alpha value is -2.53. The molecule has 0 saturated carbocycles. The molecule has 11 heteroatoms. The van der Waals surface area contributed by atoms with E-state index < -0.39 is 44.3 Å². The predicted octanol–water partition coefficient (Wildman–Crippen LogP) is 5.68. The van der Waals surface area contributed by atoms with Crippen LogP contribution in [0, 0.1) is 11.6 Å². The number of benzene rings is 1. The fourth-order valence-electron chi connectivity index (χ4n) is 3.58. The summed E-state index contributed by atoms with van der Waals surface area (Å²) in [6, 6.07) is 4.19. The van der Waals surface area contributed by atoms with Crippen LogP contribution in [0.1, 0.15) is 29.4 Å². The Morgan fingerprint density at radius 2 is 1.91 bits per heavy atom. The first-order valence-corrected chi connectivity index (χ1v) is 13.8. The fourth-order valence-corrected chi connectivity index (χ4v) is 4.63. The van der Waals surface area contributed by atoms with E-state index in [1.54, 1.807) is 26.6 Å². The lowest BCUT2D eigenvalue weighted by atomic mass is 9.92. The maximum Gasteiger partial charge on any atom is 0.417 e. The molecule has 0 spiro atoms. The second kappa shape index (κ2) is 9.38. The van der Waals surface area contributed by atoms with Gasteiger partial charge in [-0.2, -0.15) is 13.2 Å². The van der Waals surface area contributed by atoms with Crippen LogP contribution in [0.3, 0.4) is 0 Å². The molecule has 33 heavy (non-hydrogen) atoms. The van der Waals surface area contributed by atoms with Crippen molar-refractivity contribution >= 4 is 14.3 Å². The lowest BCUT2D eigenvalue weighted by Crippen LogP contribution is -2.51. The smallest absolute Gasteiger partial charge is 0.417 e. The van der Waals surface area contributed by atoms with E-state index >= 15 is 0 Å². The molecule has 0 aliphatic carbocycles. The minimum absolute atomic E-state index is 0.0293. The Morgan fingerprint density at radius 1 is 1.21 bits per heavy atom. The van der Waals surface area contributed by atoms with Gasteiger partial charge < -0.3 is 13.9 Å². The highest BCUT2D eigenvalue weighted by Crippen LogP contribution is 2.40. The number of carbonyl (C=O) groups is 1. The minimum Gasteiger partial charge on any atom is -0.471 e. The summed E-state index contributed by atoms with van der Waals surface area (Å²) in [5.41, 5.74) is 0.199. The first-order valence-electron chi connectivity index (χ1n) is 10.4. The third-order valence-corrected chi connectivity index (χ3v) is 5.84. The largest absolute Gasteiger partial charge is 0.471 e. The van der Waals surface area contributed by atoms with Gasteiger partial charge in [-0.15, -0.1) is 0 Å². The van der Waals surface area contributed by atoms with E-state index in [-0.39, 0.29) is 42.1 Å². The van der Waals surface area contributed by atoms with E-state index in [0.717, 1.165) is 6.07 Å². The lowest BCUT2D eigenvalue weighted by molar-refractivity contribution is -0.221. The predicted molar refractivity (Wildman–Crippen MR) is 113 cm³/mol. The van der Waals surface area contributed by atoms with Crippen LogP contribution >= 0.6 is 0 Å². The van der Waals surface area contributed by atoms with Crippen molar-refractivity contribution in [3.8, 4) is 17.0 Å². The Labute approximate surface area is 189 Å². The molecular formula is C22H24F5NO4Si. The summed E-state index contributed by atoms with van der Waals surface area (Å²) in [5, 5.41) is 0. The molecule has 1 aromatic heterocycles. The van der Waals surface area contributed by atoms with Gasteiger partial charge in [-0.25, -0.2) is 18.6 Å². The van der Waals surface area contributed by atoms with Gasteiger partial charge in [0.1, 0.15) is 17.7 Å². The normalized spacial score (nSPS) is 17.2. The van der Waals surface area contributed by atoms with Crippen LogP contribution in [0.15, 0.2) is 24.3 Å². The standard InChI is InChI=1S/C22H24F5NO4Si/c1-5-30-21(29)17-11-15(13-7-6-12(23)10-16(13)24)14-8-9-18(31-20(14)28-17)19(22(25,26)27)32-33(2,3)4/h6-7,10-11,18-19H,5,8-9H2,1-4H3.